The molecule has 1 aromatic rings. The first kappa shape index (κ1) is 15.5. The Morgan fingerprint density at radius 2 is 1.72 bits per heavy atom. The molecule has 0 saturated carbocycles. The summed E-state index contributed by atoms with van der Waals surface area (Å²) in [6.45, 7) is 9.16. The Morgan fingerprint density at radius 3 is 2.28 bits per heavy atom. The molecule has 0 atom stereocenters. The number of benzene rings is 1. The molecule has 3 heteroatoms. The zero-order valence-corrected chi connectivity index (χ0v) is 13.9. The van der Waals surface area contributed by atoms with Crippen LogP contribution in [0.3, 0.4) is 0 Å². The van der Waals surface area contributed by atoms with Gasteiger partial charge in [0.2, 0.25) is 0 Å². The van der Waals surface area contributed by atoms with E-state index in [9.17, 15) is 0 Å². The molecule has 2 rings (SSSR count). The topological polar surface area (TPSA) is 6.25 Å². The Morgan fingerprint density at radius 1 is 1.11 bits per heavy atom. The lowest BCUT2D eigenvalue weighted by molar-refractivity contribution is -0.505. The maximum absolute atomic E-state index is 2.46. The van der Waals surface area contributed by atoms with Crippen LogP contribution in [-0.2, 0) is 0 Å². The highest BCUT2D eigenvalue weighted by Gasteiger charge is 2.36. The van der Waals surface area contributed by atoms with Crippen molar-refractivity contribution in [3.05, 3.63) is 30.3 Å². The normalized spacial score (nSPS) is 16.6. The fourth-order valence-electron chi connectivity index (χ4n) is 2.72. The van der Waals surface area contributed by atoms with Crippen LogP contribution >= 0.6 is 0 Å². The van der Waals surface area contributed by atoms with Crippen LogP contribution in [0.25, 0.3) is 0 Å². The lowest BCUT2D eigenvalue weighted by atomic mass is 9.92. The fourth-order valence-corrected chi connectivity index (χ4v) is 2.72. The van der Waals surface area contributed by atoms with Crippen molar-refractivity contribution < 1.29 is 28.6 Å². The molecule has 0 spiro atoms. The first-order chi connectivity index (χ1) is 8.00. The standard InChI is InChI=1S/C15H23N2.HI/c1-15(2,3)14-16(4)11-8-12-17(14)13-9-6-5-7-10-13;/h5-7,9-10H,8,11-12H2,1-4H3;1H/q+1;/p-1. The Labute approximate surface area is 128 Å². The van der Waals surface area contributed by atoms with Gasteiger partial charge in [0.15, 0.2) is 0 Å². The minimum Gasteiger partial charge on any atom is -1.00 e. The Balaban J connectivity index is 0.00000162. The van der Waals surface area contributed by atoms with E-state index in [1.54, 1.807) is 0 Å². The van der Waals surface area contributed by atoms with Gasteiger partial charge in [0, 0.05) is 6.42 Å². The third kappa shape index (κ3) is 3.25. The summed E-state index contributed by atoms with van der Waals surface area (Å²) in [5.74, 6) is 1.43. The van der Waals surface area contributed by atoms with Crippen LogP contribution in [0.1, 0.15) is 27.2 Å². The van der Waals surface area contributed by atoms with E-state index >= 15 is 0 Å². The van der Waals surface area contributed by atoms with Gasteiger partial charge in [-0.3, -0.25) is 4.58 Å². The molecule has 0 amide bonds. The summed E-state index contributed by atoms with van der Waals surface area (Å²) < 4.78 is 2.40. The van der Waals surface area contributed by atoms with Crippen LogP contribution in [0.4, 0.5) is 5.69 Å². The summed E-state index contributed by atoms with van der Waals surface area (Å²) in [7, 11) is 2.20. The predicted molar refractivity (Wildman–Crippen MR) is 73.9 cm³/mol. The van der Waals surface area contributed by atoms with E-state index in [0.29, 0.717) is 0 Å². The first-order valence-corrected chi connectivity index (χ1v) is 6.41. The van der Waals surface area contributed by atoms with Crippen molar-refractivity contribution in [2.45, 2.75) is 27.2 Å². The van der Waals surface area contributed by atoms with Gasteiger partial charge in [-0.1, -0.05) is 18.2 Å². The quantitative estimate of drug-likeness (QED) is 0.506. The lowest BCUT2D eigenvalue weighted by Crippen LogP contribution is -3.00. The molecule has 0 bridgehead atoms. The van der Waals surface area contributed by atoms with Crippen molar-refractivity contribution in [3.8, 4) is 0 Å². The number of amidine groups is 1. The zero-order chi connectivity index (χ0) is 12.5. The van der Waals surface area contributed by atoms with Crippen LogP contribution in [-0.4, -0.2) is 30.5 Å². The van der Waals surface area contributed by atoms with E-state index in [1.807, 2.05) is 0 Å². The van der Waals surface area contributed by atoms with Gasteiger partial charge in [-0.25, -0.2) is 4.90 Å². The number of nitrogens with zero attached hydrogens (tertiary/aromatic N) is 2. The number of hydrogen-bond acceptors (Lipinski definition) is 1. The van der Waals surface area contributed by atoms with Gasteiger partial charge in [0.05, 0.1) is 25.6 Å². The van der Waals surface area contributed by atoms with Crippen LogP contribution in [0.2, 0.25) is 0 Å². The van der Waals surface area contributed by atoms with Gasteiger partial charge in [-0.15, -0.1) is 0 Å². The van der Waals surface area contributed by atoms with Gasteiger partial charge >= 0.3 is 0 Å². The molecule has 0 radical (unpaired) electrons. The van der Waals surface area contributed by atoms with E-state index in [1.165, 1.54) is 17.9 Å². The Kier molecular flexibility index (Phi) is 5.20. The maximum atomic E-state index is 2.46. The average molecular weight is 358 g/mol. The molecule has 0 aromatic heterocycles. The number of anilines is 1. The van der Waals surface area contributed by atoms with E-state index in [0.717, 1.165) is 13.1 Å². The summed E-state index contributed by atoms with van der Waals surface area (Å²) in [5.41, 5.74) is 1.49. The Hall–Kier alpha value is -0.580. The largest absolute Gasteiger partial charge is 1.00 e. The molecule has 100 valence electrons. The molecule has 0 N–H and O–H groups in total. The fraction of sp³-hybridized carbons (Fsp3) is 0.533. The van der Waals surface area contributed by atoms with E-state index in [4.69, 9.17) is 0 Å². The molecule has 0 saturated heterocycles. The zero-order valence-electron chi connectivity index (χ0n) is 11.8. The van der Waals surface area contributed by atoms with Gasteiger partial charge in [-0.2, -0.15) is 0 Å². The Bertz CT molecular complexity index is 418. The lowest BCUT2D eigenvalue weighted by Gasteiger charge is -2.32. The molecule has 1 aromatic carbocycles. The predicted octanol–water partition coefficient (Wildman–Crippen LogP) is -0.0124. The maximum Gasteiger partial charge on any atom is 0.257 e. The molecule has 0 unspecified atom stereocenters. The SMILES string of the molecule is C[N+]1=C(C(C)(C)C)N(c2ccccc2)CCC1.[I-]. The number of para-hydroxylation sites is 1. The minimum atomic E-state index is 0. The summed E-state index contributed by atoms with van der Waals surface area (Å²) in [5, 5.41) is 0. The van der Waals surface area contributed by atoms with Crippen molar-refractivity contribution >= 4 is 11.5 Å². The van der Waals surface area contributed by atoms with Crippen molar-refractivity contribution in [1.82, 2.24) is 0 Å². The van der Waals surface area contributed by atoms with Gasteiger partial charge in [-0.05, 0) is 32.9 Å². The third-order valence-electron chi connectivity index (χ3n) is 3.23. The second-order valence-corrected chi connectivity index (χ2v) is 5.84. The van der Waals surface area contributed by atoms with Crippen LogP contribution in [0.15, 0.2) is 30.3 Å². The van der Waals surface area contributed by atoms with E-state index < -0.39 is 0 Å². The molecule has 0 aliphatic carbocycles. The second-order valence-electron chi connectivity index (χ2n) is 5.84. The van der Waals surface area contributed by atoms with Crippen LogP contribution in [0, 0.1) is 5.41 Å². The molecular weight excluding hydrogens is 335 g/mol. The van der Waals surface area contributed by atoms with Crippen molar-refractivity contribution in [2.75, 3.05) is 25.0 Å². The molecular formula is C15H23IN2. The first-order valence-electron chi connectivity index (χ1n) is 6.41. The minimum absolute atomic E-state index is 0. The summed E-state index contributed by atoms with van der Waals surface area (Å²) in [4.78, 5) is 2.46. The van der Waals surface area contributed by atoms with Gasteiger partial charge < -0.3 is 24.0 Å². The van der Waals surface area contributed by atoms with Crippen molar-refractivity contribution in [1.29, 1.82) is 0 Å². The van der Waals surface area contributed by atoms with Crippen molar-refractivity contribution in [3.63, 3.8) is 0 Å². The van der Waals surface area contributed by atoms with Gasteiger partial charge in [0.1, 0.15) is 5.69 Å². The smallest absolute Gasteiger partial charge is 0.257 e. The van der Waals surface area contributed by atoms with Crippen LogP contribution in [0.5, 0.6) is 0 Å². The van der Waals surface area contributed by atoms with E-state index in [-0.39, 0.29) is 29.4 Å². The number of hydrogen-bond donors (Lipinski definition) is 0. The number of halogens is 1. The average Bonchev–Trinajstić information content (AvgIpc) is 2.28. The number of rotatable bonds is 1. The van der Waals surface area contributed by atoms with Crippen molar-refractivity contribution in [2.24, 2.45) is 5.41 Å². The third-order valence-corrected chi connectivity index (χ3v) is 3.23. The molecule has 1 aliphatic heterocycles. The van der Waals surface area contributed by atoms with E-state index in [2.05, 4.69) is 67.6 Å². The highest BCUT2D eigenvalue weighted by Crippen LogP contribution is 2.26. The molecule has 18 heavy (non-hydrogen) atoms. The highest BCUT2D eigenvalue weighted by molar-refractivity contribution is 5.98. The van der Waals surface area contributed by atoms with Gasteiger partial charge in [0.25, 0.3) is 5.84 Å². The second kappa shape index (κ2) is 6.04. The molecule has 1 heterocycles. The summed E-state index contributed by atoms with van der Waals surface area (Å²) >= 11 is 0. The monoisotopic (exact) mass is 358 g/mol. The highest BCUT2D eigenvalue weighted by atomic mass is 127. The van der Waals surface area contributed by atoms with Crippen LogP contribution < -0.4 is 28.9 Å². The molecule has 2 nitrogen and oxygen atoms in total. The molecule has 1 aliphatic rings. The summed E-state index contributed by atoms with van der Waals surface area (Å²) in [6.07, 6.45) is 1.23. The summed E-state index contributed by atoms with van der Waals surface area (Å²) in [6, 6.07) is 10.7. The molecule has 0 fully saturated rings.